The minimum absolute atomic E-state index is 0.440. The van der Waals surface area contributed by atoms with Gasteiger partial charge in [-0.1, -0.05) is 0 Å². The first kappa shape index (κ1) is 15.9. The van der Waals surface area contributed by atoms with Crippen LogP contribution in [0.2, 0.25) is 0 Å². The third kappa shape index (κ3) is 2.19. The second-order valence-corrected chi connectivity index (χ2v) is 10.2. The van der Waals surface area contributed by atoms with Crippen molar-refractivity contribution < 1.29 is 0 Å². The molecule has 3 heterocycles. The van der Waals surface area contributed by atoms with Gasteiger partial charge in [-0.25, -0.2) is 9.56 Å². The summed E-state index contributed by atoms with van der Waals surface area (Å²) in [4.78, 5) is 8.67. The Morgan fingerprint density at radius 3 is 2.46 bits per heavy atom. The van der Waals surface area contributed by atoms with Crippen LogP contribution in [0.1, 0.15) is 0 Å². The molecular weight excluding hydrogens is 366 g/mol. The molecule has 142 valence electrons. The predicted molar refractivity (Wildman–Crippen MR) is 113 cm³/mol. The Kier molecular flexibility index (Phi) is 3.01. The fourth-order valence-electron chi connectivity index (χ4n) is 5.56. The van der Waals surface area contributed by atoms with E-state index in [1.54, 1.807) is 0 Å². The summed E-state index contributed by atoms with van der Waals surface area (Å²) in [5.74, 6) is 2.82. The lowest BCUT2D eigenvalue weighted by Gasteiger charge is -2.21. The highest BCUT2D eigenvalue weighted by atomic mass is 32.1. The molecule has 1 aromatic rings. The number of fused-ring (bicyclic) bond motifs is 4. The van der Waals surface area contributed by atoms with Gasteiger partial charge in [0.25, 0.3) is 0 Å². The first-order valence-electron chi connectivity index (χ1n) is 10.3. The third-order valence-corrected chi connectivity index (χ3v) is 8.69. The minimum atomic E-state index is 0.440. The van der Waals surface area contributed by atoms with Crippen molar-refractivity contribution >= 4 is 27.2 Å². The summed E-state index contributed by atoms with van der Waals surface area (Å²) in [5.41, 5.74) is 15.7. The molecule has 0 spiro atoms. The molecule has 4 fully saturated rings. The van der Waals surface area contributed by atoms with E-state index in [0.29, 0.717) is 35.8 Å². The number of aromatic nitrogens is 1. The van der Waals surface area contributed by atoms with E-state index in [2.05, 4.69) is 45.9 Å². The van der Waals surface area contributed by atoms with Crippen LogP contribution >= 0.6 is 11.3 Å². The highest BCUT2D eigenvalue weighted by molar-refractivity contribution is 7.21. The average molecular weight is 391 g/mol. The summed E-state index contributed by atoms with van der Waals surface area (Å²) >= 11 is 1.86. The van der Waals surface area contributed by atoms with Gasteiger partial charge >= 0.3 is 0 Å². The van der Waals surface area contributed by atoms with Gasteiger partial charge in [-0.2, -0.15) is 0 Å². The number of nitrogens with zero attached hydrogens (tertiary/aromatic N) is 3. The first-order chi connectivity index (χ1) is 13.7. The van der Waals surface area contributed by atoms with Gasteiger partial charge in [-0.15, -0.1) is 11.3 Å². The summed E-state index contributed by atoms with van der Waals surface area (Å²) in [6.07, 6.45) is 0. The SMILES string of the molecule is NC1C2CN(c3ccc4nc5ccc(=[N+]6CC7C(N)C7C6)cc-5sc4c3)CC12. The number of piperidine rings is 2. The van der Waals surface area contributed by atoms with Crippen LogP contribution in [0, 0.1) is 23.7 Å². The second-order valence-electron chi connectivity index (χ2n) is 9.14. The normalized spacial score (nSPS) is 35.5. The zero-order valence-corrected chi connectivity index (χ0v) is 16.5. The molecule has 5 nitrogen and oxygen atoms in total. The van der Waals surface area contributed by atoms with Crippen LogP contribution in [0.15, 0.2) is 36.4 Å². The Balaban J connectivity index is 1.28. The van der Waals surface area contributed by atoms with Crippen LogP contribution in [0.5, 0.6) is 0 Å². The number of benzene rings is 2. The first-order valence-corrected chi connectivity index (χ1v) is 11.2. The van der Waals surface area contributed by atoms with Crippen LogP contribution in [0.4, 0.5) is 5.69 Å². The fourth-order valence-corrected chi connectivity index (χ4v) is 6.59. The lowest BCUT2D eigenvalue weighted by molar-refractivity contribution is 0.582. The van der Waals surface area contributed by atoms with Crippen molar-refractivity contribution in [3.8, 4) is 10.6 Å². The highest BCUT2D eigenvalue weighted by Gasteiger charge is 2.57. The molecule has 3 aliphatic heterocycles. The van der Waals surface area contributed by atoms with Gasteiger partial charge in [0.05, 0.1) is 20.8 Å². The number of rotatable bonds is 1. The second kappa shape index (κ2) is 5.32. The van der Waals surface area contributed by atoms with E-state index in [1.165, 1.54) is 20.6 Å². The van der Waals surface area contributed by atoms with Crippen molar-refractivity contribution in [1.82, 2.24) is 9.56 Å². The Bertz CT molecular complexity index is 1140. The van der Waals surface area contributed by atoms with Crippen molar-refractivity contribution in [2.24, 2.45) is 35.1 Å². The molecule has 2 saturated heterocycles. The van der Waals surface area contributed by atoms with Crippen molar-refractivity contribution in [3.63, 3.8) is 0 Å². The van der Waals surface area contributed by atoms with E-state index in [0.717, 1.165) is 37.4 Å². The topological polar surface area (TPSA) is 71.2 Å². The predicted octanol–water partition coefficient (Wildman–Crippen LogP) is 1.15. The van der Waals surface area contributed by atoms with E-state index in [4.69, 9.17) is 16.5 Å². The van der Waals surface area contributed by atoms with Crippen LogP contribution in [0.3, 0.4) is 0 Å². The fraction of sp³-hybridized carbons (Fsp3) is 0.455. The monoisotopic (exact) mass is 390 g/mol. The summed E-state index contributed by atoms with van der Waals surface area (Å²) in [5, 5.41) is 1.31. The standard InChI is InChI=1S/C22H24N5S/c23-21-13-7-26(8-14(13)21)11-1-3-17-19(5-11)28-20-6-12(2-4-18(20)25-17)27-9-15-16(10-27)22(15)24/h1-6,13-16,21-22H,7-10,23-24H2/q+1. The van der Waals surface area contributed by atoms with Gasteiger partial charge in [0.1, 0.15) is 13.1 Å². The van der Waals surface area contributed by atoms with E-state index >= 15 is 0 Å². The molecule has 0 bridgehead atoms. The van der Waals surface area contributed by atoms with Crippen LogP contribution in [0.25, 0.3) is 20.8 Å². The molecule has 6 heteroatoms. The van der Waals surface area contributed by atoms with E-state index in [9.17, 15) is 0 Å². The number of hydrogen-bond donors (Lipinski definition) is 2. The Labute approximate surface area is 167 Å². The maximum atomic E-state index is 6.10. The molecule has 0 radical (unpaired) electrons. The zero-order chi connectivity index (χ0) is 18.6. The molecular formula is C22H24N5S+. The molecule has 0 aromatic heterocycles. The maximum absolute atomic E-state index is 6.10. The van der Waals surface area contributed by atoms with Crippen LogP contribution < -0.4 is 26.3 Å². The van der Waals surface area contributed by atoms with Crippen molar-refractivity contribution in [2.75, 3.05) is 31.1 Å². The highest BCUT2D eigenvalue weighted by Crippen LogP contribution is 2.46. The molecule has 4 N–H and O–H groups in total. The van der Waals surface area contributed by atoms with E-state index < -0.39 is 0 Å². The Hall–Kier alpha value is -2.02. The molecule has 4 atom stereocenters. The van der Waals surface area contributed by atoms with E-state index in [1.807, 2.05) is 11.3 Å². The van der Waals surface area contributed by atoms with Gasteiger partial charge in [-0.05, 0) is 36.1 Å². The summed E-state index contributed by atoms with van der Waals surface area (Å²) in [6, 6.07) is 14.3. The summed E-state index contributed by atoms with van der Waals surface area (Å²) in [6.45, 7) is 4.42. The number of anilines is 1. The molecule has 2 saturated carbocycles. The zero-order valence-electron chi connectivity index (χ0n) is 15.7. The number of nitrogens with two attached hydrogens (primary N) is 2. The van der Waals surface area contributed by atoms with Gasteiger partial charge in [0.2, 0.25) is 5.36 Å². The number of hydrogen-bond acceptors (Lipinski definition) is 5. The van der Waals surface area contributed by atoms with Crippen molar-refractivity contribution in [1.29, 1.82) is 0 Å². The van der Waals surface area contributed by atoms with Gasteiger partial charge in [0, 0.05) is 54.8 Å². The summed E-state index contributed by atoms with van der Waals surface area (Å²) in [7, 11) is 0. The summed E-state index contributed by atoms with van der Waals surface area (Å²) < 4.78 is 3.75. The van der Waals surface area contributed by atoms with Crippen LogP contribution in [-0.4, -0.2) is 43.2 Å². The lowest BCUT2D eigenvalue weighted by atomic mass is 10.2. The molecule has 28 heavy (non-hydrogen) atoms. The quantitative estimate of drug-likeness (QED) is 0.483. The van der Waals surface area contributed by atoms with Gasteiger partial charge < -0.3 is 16.4 Å². The molecule has 6 aliphatic rings. The van der Waals surface area contributed by atoms with Crippen molar-refractivity contribution in [2.45, 2.75) is 12.1 Å². The lowest BCUT2D eigenvalue weighted by Crippen LogP contribution is -2.32. The largest absolute Gasteiger partial charge is 0.371 e. The Morgan fingerprint density at radius 1 is 0.929 bits per heavy atom. The minimum Gasteiger partial charge on any atom is -0.371 e. The average Bonchev–Trinajstić information content (AvgIpc) is 3.32. The molecule has 7 rings (SSSR count). The van der Waals surface area contributed by atoms with E-state index in [-0.39, 0.29) is 0 Å². The van der Waals surface area contributed by atoms with Crippen LogP contribution in [-0.2, 0) is 0 Å². The smallest absolute Gasteiger partial charge is 0.201 e. The molecule has 1 aromatic carbocycles. The van der Waals surface area contributed by atoms with Gasteiger partial charge in [-0.3, -0.25) is 0 Å². The maximum Gasteiger partial charge on any atom is 0.201 e. The van der Waals surface area contributed by atoms with Gasteiger partial charge in [0.15, 0.2) is 0 Å². The van der Waals surface area contributed by atoms with Crippen molar-refractivity contribution in [3.05, 3.63) is 41.8 Å². The third-order valence-electron chi connectivity index (χ3n) is 7.60. The molecule has 4 unspecified atom stereocenters. The molecule has 3 aliphatic carbocycles. The molecule has 0 amide bonds. The Morgan fingerprint density at radius 2 is 1.68 bits per heavy atom.